The molecule has 5 heteroatoms. The number of nitrogens with zero attached hydrogens (tertiary/aromatic N) is 1. The summed E-state index contributed by atoms with van der Waals surface area (Å²) < 4.78 is 6.00. The lowest BCUT2D eigenvalue weighted by molar-refractivity contribution is 0.0619. The van der Waals surface area contributed by atoms with Crippen molar-refractivity contribution >= 4 is 21.8 Å². The monoisotopic (exact) mass is 329 g/mol. The van der Waals surface area contributed by atoms with Crippen molar-refractivity contribution in [3.8, 4) is 0 Å². The van der Waals surface area contributed by atoms with Crippen LogP contribution >= 0.6 is 15.9 Å². The zero-order valence-electron chi connectivity index (χ0n) is 11.4. The first kappa shape index (κ1) is 14.6. The molecular weight excluding hydrogens is 310 g/mol. The van der Waals surface area contributed by atoms with Crippen LogP contribution in [0.2, 0.25) is 0 Å². The van der Waals surface area contributed by atoms with Crippen molar-refractivity contribution in [1.82, 2.24) is 4.90 Å². The molecular formula is C14H20BrNO3. The summed E-state index contributed by atoms with van der Waals surface area (Å²) in [5.74, 6) is 0.758. The van der Waals surface area contributed by atoms with Gasteiger partial charge in [-0.1, -0.05) is 0 Å². The van der Waals surface area contributed by atoms with E-state index < -0.39 is 0 Å². The van der Waals surface area contributed by atoms with Gasteiger partial charge in [0.25, 0.3) is 5.91 Å². The highest BCUT2D eigenvalue weighted by molar-refractivity contribution is 9.10. The van der Waals surface area contributed by atoms with Crippen LogP contribution in [-0.2, 0) is 0 Å². The molecule has 1 N–H and O–H groups in total. The SMILES string of the molecule is Cc1cc(Br)oc1C(=O)N(C)C1CCC(CO)CC1. The topological polar surface area (TPSA) is 53.7 Å². The zero-order chi connectivity index (χ0) is 14.0. The van der Waals surface area contributed by atoms with Crippen LogP contribution in [0.4, 0.5) is 0 Å². The second-order valence-corrected chi connectivity index (χ2v) is 6.12. The largest absolute Gasteiger partial charge is 0.444 e. The quantitative estimate of drug-likeness (QED) is 0.927. The number of carbonyl (C=O) groups excluding carboxylic acids is 1. The Kier molecular flexibility index (Phi) is 4.68. The van der Waals surface area contributed by atoms with E-state index in [-0.39, 0.29) is 18.6 Å². The summed E-state index contributed by atoms with van der Waals surface area (Å²) in [5, 5.41) is 9.14. The summed E-state index contributed by atoms with van der Waals surface area (Å²) >= 11 is 3.25. The van der Waals surface area contributed by atoms with Crippen LogP contribution in [0.15, 0.2) is 15.2 Å². The van der Waals surface area contributed by atoms with Crippen molar-refractivity contribution in [2.45, 2.75) is 38.6 Å². The molecule has 0 radical (unpaired) electrons. The van der Waals surface area contributed by atoms with Crippen molar-refractivity contribution in [3.63, 3.8) is 0 Å². The van der Waals surface area contributed by atoms with Gasteiger partial charge in [-0.3, -0.25) is 4.79 Å². The molecule has 0 aliphatic heterocycles. The molecule has 1 aromatic rings. The third-order valence-corrected chi connectivity index (χ3v) is 4.42. The molecule has 0 saturated heterocycles. The molecule has 1 aliphatic rings. The number of hydrogen-bond donors (Lipinski definition) is 1. The fourth-order valence-corrected chi connectivity index (χ4v) is 3.20. The first-order valence-electron chi connectivity index (χ1n) is 6.67. The number of halogens is 1. The lowest BCUT2D eigenvalue weighted by Crippen LogP contribution is -2.39. The molecule has 1 saturated carbocycles. The average Bonchev–Trinajstić information content (AvgIpc) is 2.76. The van der Waals surface area contributed by atoms with E-state index in [4.69, 9.17) is 9.52 Å². The molecule has 1 heterocycles. The molecule has 1 fully saturated rings. The summed E-state index contributed by atoms with van der Waals surface area (Å²) in [6, 6.07) is 2.06. The van der Waals surface area contributed by atoms with E-state index in [1.54, 1.807) is 4.90 Å². The Hall–Kier alpha value is -0.810. The third kappa shape index (κ3) is 3.20. The lowest BCUT2D eigenvalue weighted by atomic mass is 9.86. The summed E-state index contributed by atoms with van der Waals surface area (Å²) in [4.78, 5) is 14.2. The Balaban J connectivity index is 2.02. The summed E-state index contributed by atoms with van der Waals surface area (Å²) in [6.45, 7) is 2.13. The normalized spacial score (nSPS) is 23.4. The highest BCUT2D eigenvalue weighted by Gasteiger charge is 2.28. The molecule has 2 rings (SSSR count). The Morgan fingerprint density at radius 1 is 1.47 bits per heavy atom. The van der Waals surface area contributed by atoms with Gasteiger partial charge in [-0.2, -0.15) is 0 Å². The maximum absolute atomic E-state index is 12.4. The Morgan fingerprint density at radius 2 is 2.11 bits per heavy atom. The van der Waals surface area contributed by atoms with Crippen LogP contribution in [-0.4, -0.2) is 35.6 Å². The van der Waals surface area contributed by atoms with Crippen LogP contribution in [0.1, 0.15) is 41.8 Å². The highest BCUT2D eigenvalue weighted by atomic mass is 79.9. The van der Waals surface area contributed by atoms with E-state index in [2.05, 4.69) is 15.9 Å². The minimum atomic E-state index is -0.0596. The molecule has 0 unspecified atom stereocenters. The highest BCUT2D eigenvalue weighted by Crippen LogP contribution is 2.28. The van der Waals surface area contributed by atoms with Crippen LogP contribution in [0.3, 0.4) is 0 Å². The summed E-state index contributed by atoms with van der Waals surface area (Å²) in [7, 11) is 1.84. The predicted octanol–water partition coefficient (Wildman–Crippen LogP) is 2.97. The maximum Gasteiger partial charge on any atom is 0.289 e. The van der Waals surface area contributed by atoms with Crippen LogP contribution < -0.4 is 0 Å². The van der Waals surface area contributed by atoms with Crippen molar-refractivity contribution in [2.75, 3.05) is 13.7 Å². The predicted molar refractivity (Wildman–Crippen MR) is 76.1 cm³/mol. The molecule has 1 amide bonds. The minimum absolute atomic E-state index is 0.0596. The van der Waals surface area contributed by atoms with Gasteiger partial charge in [0.1, 0.15) is 0 Å². The second kappa shape index (κ2) is 6.09. The van der Waals surface area contributed by atoms with Gasteiger partial charge in [-0.15, -0.1) is 0 Å². The first-order chi connectivity index (χ1) is 9.02. The molecule has 0 atom stereocenters. The molecule has 0 spiro atoms. The number of furan rings is 1. The van der Waals surface area contributed by atoms with E-state index in [0.717, 1.165) is 31.2 Å². The van der Waals surface area contributed by atoms with Gasteiger partial charge in [-0.25, -0.2) is 0 Å². The van der Waals surface area contributed by atoms with Crippen LogP contribution in [0, 0.1) is 12.8 Å². The Morgan fingerprint density at radius 3 is 2.58 bits per heavy atom. The Bertz CT molecular complexity index is 450. The van der Waals surface area contributed by atoms with Gasteiger partial charge in [0.2, 0.25) is 0 Å². The van der Waals surface area contributed by atoms with E-state index >= 15 is 0 Å². The molecule has 0 aromatic carbocycles. The minimum Gasteiger partial charge on any atom is -0.444 e. The van der Waals surface area contributed by atoms with Crippen LogP contribution in [0.5, 0.6) is 0 Å². The number of aliphatic hydroxyl groups is 1. The number of aliphatic hydroxyl groups excluding tert-OH is 1. The van der Waals surface area contributed by atoms with Gasteiger partial charge in [0.15, 0.2) is 10.4 Å². The third-order valence-electron chi connectivity index (χ3n) is 4.02. The van der Waals surface area contributed by atoms with Crippen LogP contribution in [0.25, 0.3) is 0 Å². The second-order valence-electron chi connectivity index (χ2n) is 5.34. The maximum atomic E-state index is 12.4. The van der Waals surface area contributed by atoms with E-state index in [0.29, 0.717) is 16.3 Å². The standard InChI is InChI=1S/C14H20BrNO3/c1-9-7-12(15)19-13(9)14(18)16(2)11-5-3-10(8-17)4-6-11/h7,10-11,17H,3-6,8H2,1-2H3. The molecule has 1 aliphatic carbocycles. The summed E-state index contributed by atoms with van der Waals surface area (Å²) in [5.41, 5.74) is 0.854. The fourth-order valence-electron chi connectivity index (χ4n) is 2.70. The first-order valence-corrected chi connectivity index (χ1v) is 7.46. The van der Waals surface area contributed by atoms with Gasteiger partial charge in [0.05, 0.1) is 0 Å². The van der Waals surface area contributed by atoms with Gasteiger partial charge < -0.3 is 14.4 Å². The number of amides is 1. The van der Waals surface area contributed by atoms with Gasteiger partial charge >= 0.3 is 0 Å². The molecule has 106 valence electrons. The van der Waals surface area contributed by atoms with Crippen molar-refractivity contribution in [1.29, 1.82) is 0 Å². The number of hydrogen-bond acceptors (Lipinski definition) is 3. The Labute approximate surface area is 121 Å². The van der Waals surface area contributed by atoms with Gasteiger partial charge in [-0.05, 0) is 60.5 Å². The molecule has 1 aromatic heterocycles. The average molecular weight is 330 g/mol. The molecule has 0 bridgehead atoms. The van der Waals surface area contributed by atoms with E-state index in [1.165, 1.54) is 0 Å². The number of aryl methyl sites for hydroxylation is 1. The van der Waals surface area contributed by atoms with Gasteiger partial charge in [0, 0.05) is 25.3 Å². The molecule has 19 heavy (non-hydrogen) atoms. The number of carbonyl (C=O) groups is 1. The zero-order valence-corrected chi connectivity index (χ0v) is 12.9. The van der Waals surface area contributed by atoms with E-state index in [1.807, 2.05) is 20.0 Å². The van der Waals surface area contributed by atoms with Crippen molar-refractivity contribution in [3.05, 3.63) is 22.1 Å². The number of rotatable bonds is 3. The smallest absolute Gasteiger partial charge is 0.289 e. The lowest BCUT2D eigenvalue weighted by Gasteiger charge is -2.33. The van der Waals surface area contributed by atoms with Crippen molar-refractivity contribution in [2.24, 2.45) is 5.92 Å². The summed E-state index contributed by atoms with van der Waals surface area (Å²) in [6.07, 6.45) is 3.88. The van der Waals surface area contributed by atoms with E-state index in [9.17, 15) is 4.79 Å². The molecule has 4 nitrogen and oxygen atoms in total. The fraction of sp³-hybridized carbons (Fsp3) is 0.643. The van der Waals surface area contributed by atoms with Crippen molar-refractivity contribution < 1.29 is 14.3 Å².